The third kappa shape index (κ3) is 8.29. The highest BCUT2D eigenvalue weighted by atomic mass is 79.9. The van der Waals surface area contributed by atoms with Gasteiger partial charge in [-0.25, -0.2) is 0 Å². The number of carbonyl (C=O) groups is 1. The van der Waals surface area contributed by atoms with Gasteiger partial charge in [0.1, 0.15) is 17.1 Å². The van der Waals surface area contributed by atoms with Crippen LogP contribution in [-0.2, 0) is 0 Å². The van der Waals surface area contributed by atoms with Crippen LogP contribution in [0.25, 0.3) is 43.8 Å². The Balaban J connectivity index is 0.000000143. The van der Waals surface area contributed by atoms with Crippen molar-refractivity contribution < 1.29 is 14.3 Å². The van der Waals surface area contributed by atoms with Crippen molar-refractivity contribution in [2.24, 2.45) is 0 Å². The molecule has 44 heavy (non-hydrogen) atoms. The fourth-order valence-corrected chi connectivity index (χ4v) is 6.08. The van der Waals surface area contributed by atoms with Crippen LogP contribution >= 0.6 is 79.6 Å². The Kier molecular flexibility index (Phi) is 11.1. The minimum absolute atomic E-state index is 0.109. The summed E-state index contributed by atoms with van der Waals surface area (Å²) >= 11 is 16.8. The van der Waals surface area contributed by atoms with E-state index in [-0.39, 0.29) is 5.78 Å². The number of benzene rings is 6. The minimum atomic E-state index is 0.109. The van der Waals surface area contributed by atoms with Crippen molar-refractivity contribution >= 4 is 118 Å². The summed E-state index contributed by atoms with van der Waals surface area (Å²) < 4.78 is 10.2. The molecule has 8 heteroatoms. The Labute approximate surface area is 296 Å². The van der Waals surface area contributed by atoms with Crippen LogP contribution in [0.15, 0.2) is 144 Å². The highest BCUT2D eigenvalue weighted by Crippen LogP contribution is 2.34. The number of furan rings is 1. The molecule has 1 aromatic heterocycles. The maximum absolute atomic E-state index is 11.1. The molecule has 0 amide bonds. The molecule has 220 valence electrons. The fraction of sp³-hybridized carbons (Fsp3) is 0.0278. The maximum atomic E-state index is 11.1. The lowest BCUT2D eigenvalue weighted by molar-refractivity contribution is 0.102. The first-order chi connectivity index (χ1) is 21.2. The number of fused-ring (bicyclic) bond motifs is 4. The summed E-state index contributed by atoms with van der Waals surface area (Å²) in [7, 11) is 0. The molecule has 0 atom stereocenters. The van der Waals surface area contributed by atoms with Crippen LogP contribution in [0.5, 0.6) is 5.75 Å². The van der Waals surface area contributed by atoms with Gasteiger partial charge in [0.05, 0.1) is 5.33 Å². The van der Waals surface area contributed by atoms with Crippen LogP contribution in [0.3, 0.4) is 0 Å². The number of halogens is 5. The Morgan fingerprint density at radius 1 is 0.568 bits per heavy atom. The number of phenolic OH excluding ortho intramolecular Hbond substituents is 1. The van der Waals surface area contributed by atoms with Gasteiger partial charge in [0, 0.05) is 34.4 Å². The van der Waals surface area contributed by atoms with Gasteiger partial charge in [0.2, 0.25) is 0 Å². The summed E-state index contributed by atoms with van der Waals surface area (Å²) in [5.74, 6) is 1.31. The highest BCUT2D eigenvalue weighted by Gasteiger charge is 2.09. The summed E-state index contributed by atoms with van der Waals surface area (Å²) in [5, 5.41) is 15.3. The molecule has 0 aliphatic heterocycles. The number of carbonyl (C=O) groups excluding carboxylic acids is 1. The molecule has 3 nitrogen and oxygen atoms in total. The van der Waals surface area contributed by atoms with Gasteiger partial charge in [0.25, 0.3) is 0 Å². The average Bonchev–Trinajstić information content (AvgIpc) is 3.47. The van der Waals surface area contributed by atoms with E-state index in [0.717, 1.165) is 56.5 Å². The molecule has 0 fully saturated rings. The van der Waals surface area contributed by atoms with E-state index in [9.17, 15) is 9.90 Å². The van der Waals surface area contributed by atoms with E-state index in [1.54, 1.807) is 24.3 Å². The second kappa shape index (κ2) is 15.0. The molecule has 0 spiro atoms. The third-order valence-corrected chi connectivity index (χ3v) is 9.24. The first-order valence-electron chi connectivity index (χ1n) is 13.3. The molecule has 0 aliphatic carbocycles. The molecule has 7 rings (SSSR count). The monoisotopic (exact) mass is 898 g/mol. The predicted octanol–water partition coefficient (Wildman–Crippen LogP) is 13.1. The van der Waals surface area contributed by atoms with Crippen molar-refractivity contribution in [3.63, 3.8) is 0 Å². The number of hydrogen-bond acceptors (Lipinski definition) is 3. The molecule has 1 N–H and O–H groups in total. The van der Waals surface area contributed by atoms with Crippen LogP contribution in [0.1, 0.15) is 10.4 Å². The molecule has 7 aromatic rings. The van der Waals surface area contributed by atoms with Crippen molar-refractivity contribution in [3.8, 4) is 17.1 Å². The summed E-state index contributed by atoms with van der Waals surface area (Å²) in [5.41, 5.74) is 2.74. The smallest absolute Gasteiger partial charge is 0.173 e. The zero-order valence-corrected chi connectivity index (χ0v) is 30.8. The standard InChI is InChI=1S/C18H10Br2O.C10H7BrO.C8H6Br2O/c19-13-5-2-12(3-6-13)18-10-16-15-9-14(20)7-1-11(15)4-8-17(16)21-18;11-9-3-1-7-2-4-10(12)6-8(7)5-9;9-5-8(11)6-1-3-7(10)4-2-6/h1-10H;1-6,12H;1-4H,5H2. The molecule has 0 unspecified atom stereocenters. The van der Waals surface area contributed by atoms with Crippen molar-refractivity contribution in [1.29, 1.82) is 0 Å². The van der Waals surface area contributed by atoms with Crippen molar-refractivity contribution in [3.05, 3.63) is 145 Å². The van der Waals surface area contributed by atoms with Crippen molar-refractivity contribution in [2.45, 2.75) is 0 Å². The van der Waals surface area contributed by atoms with E-state index in [0.29, 0.717) is 11.1 Å². The van der Waals surface area contributed by atoms with Gasteiger partial charge in [-0.15, -0.1) is 0 Å². The largest absolute Gasteiger partial charge is 0.508 e. The maximum Gasteiger partial charge on any atom is 0.173 e. The Hall–Kier alpha value is -2.75. The molecule has 0 saturated heterocycles. The van der Waals surface area contributed by atoms with Gasteiger partial charge in [-0.05, 0) is 94.3 Å². The summed E-state index contributed by atoms with van der Waals surface area (Å²) in [6, 6.07) is 39.4. The quantitative estimate of drug-likeness (QED) is 0.142. The van der Waals surface area contributed by atoms with Crippen LogP contribution in [0.2, 0.25) is 0 Å². The van der Waals surface area contributed by atoms with E-state index in [1.807, 2.05) is 54.6 Å². The average molecular weight is 903 g/mol. The van der Waals surface area contributed by atoms with Crippen LogP contribution in [0, 0.1) is 0 Å². The van der Waals surface area contributed by atoms with E-state index in [1.165, 1.54) is 10.8 Å². The number of aromatic hydroxyl groups is 1. The van der Waals surface area contributed by atoms with Crippen LogP contribution in [-0.4, -0.2) is 16.2 Å². The zero-order chi connectivity index (χ0) is 31.2. The number of phenols is 1. The number of rotatable bonds is 3. The van der Waals surface area contributed by atoms with E-state index in [4.69, 9.17) is 4.42 Å². The highest BCUT2D eigenvalue weighted by molar-refractivity contribution is 9.11. The third-order valence-electron chi connectivity index (χ3n) is 6.68. The van der Waals surface area contributed by atoms with E-state index < -0.39 is 0 Å². The van der Waals surface area contributed by atoms with Gasteiger partial charge in [-0.2, -0.15) is 0 Å². The van der Waals surface area contributed by atoms with Gasteiger partial charge in [0.15, 0.2) is 5.78 Å². The van der Waals surface area contributed by atoms with Gasteiger partial charge in [-0.3, -0.25) is 4.79 Å². The molecular weight excluding hydrogens is 880 g/mol. The molecule has 0 radical (unpaired) electrons. The van der Waals surface area contributed by atoms with Gasteiger partial charge in [-0.1, -0.05) is 128 Å². The summed E-state index contributed by atoms with van der Waals surface area (Å²) in [6.07, 6.45) is 0. The normalized spacial score (nSPS) is 10.7. The first-order valence-corrected chi connectivity index (χ1v) is 17.6. The molecule has 0 bridgehead atoms. The van der Waals surface area contributed by atoms with Gasteiger partial charge < -0.3 is 9.52 Å². The van der Waals surface area contributed by atoms with Crippen molar-refractivity contribution in [2.75, 3.05) is 5.33 Å². The number of alkyl halides is 1. The predicted molar refractivity (Wildman–Crippen MR) is 200 cm³/mol. The van der Waals surface area contributed by atoms with E-state index in [2.05, 4.69) is 122 Å². The number of hydrogen-bond donors (Lipinski definition) is 1. The second-order valence-corrected chi connectivity index (χ2v) is 13.9. The topological polar surface area (TPSA) is 50.4 Å². The number of Topliss-reactive ketones (excluding diaryl/α,β-unsaturated/α-hetero) is 1. The Morgan fingerprint density at radius 2 is 1.14 bits per heavy atom. The van der Waals surface area contributed by atoms with Crippen LogP contribution < -0.4 is 0 Å². The molecule has 0 saturated carbocycles. The number of ketones is 1. The second-order valence-electron chi connectivity index (χ2n) is 9.70. The zero-order valence-electron chi connectivity index (χ0n) is 22.9. The lowest BCUT2D eigenvalue weighted by atomic mass is 10.1. The first kappa shape index (κ1) is 32.6. The Bertz CT molecular complexity index is 2030. The summed E-state index contributed by atoms with van der Waals surface area (Å²) in [4.78, 5) is 11.1. The fourth-order valence-electron chi connectivity index (χ4n) is 4.49. The molecule has 1 heterocycles. The van der Waals surface area contributed by atoms with Crippen LogP contribution in [0.4, 0.5) is 0 Å². The minimum Gasteiger partial charge on any atom is -0.508 e. The SMILES string of the molecule is Brc1ccc(-c2cc3c(ccc4ccc(Br)cc43)o2)cc1.O=C(CBr)c1ccc(Br)cc1.Oc1ccc2ccc(Br)cc2c1. The lowest BCUT2D eigenvalue weighted by Gasteiger charge is -1.99. The molecule has 6 aromatic carbocycles. The van der Waals surface area contributed by atoms with Crippen molar-refractivity contribution in [1.82, 2.24) is 0 Å². The Morgan fingerprint density at radius 3 is 1.82 bits per heavy atom. The van der Waals surface area contributed by atoms with Gasteiger partial charge >= 0.3 is 0 Å². The lowest BCUT2D eigenvalue weighted by Crippen LogP contribution is -1.98. The molecular formula is C36H23Br5O3. The van der Waals surface area contributed by atoms with E-state index >= 15 is 0 Å². The summed E-state index contributed by atoms with van der Waals surface area (Å²) in [6.45, 7) is 0. The molecule has 0 aliphatic rings.